The summed E-state index contributed by atoms with van der Waals surface area (Å²) in [7, 11) is -4.58. The van der Waals surface area contributed by atoms with Gasteiger partial charge >= 0.3 is 19.4 Å². The van der Waals surface area contributed by atoms with Gasteiger partial charge in [0.1, 0.15) is 30.3 Å². The Morgan fingerprint density at radius 3 is 2.60 bits per heavy atom. The molecule has 0 amide bonds. The van der Waals surface area contributed by atoms with Crippen LogP contribution in [0.3, 0.4) is 0 Å². The number of nitrogens with one attached hydrogen (secondary N) is 1. The number of rotatable bonds is 10. The van der Waals surface area contributed by atoms with E-state index in [0.29, 0.717) is 17.4 Å². The number of nitrogen functional groups attached to an aromatic ring is 1. The quantitative estimate of drug-likeness (QED) is 0.277. The first kappa shape index (κ1) is 30.1. The van der Waals surface area contributed by atoms with Crippen molar-refractivity contribution in [2.45, 2.75) is 82.0 Å². The van der Waals surface area contributed by atoms with E-state index in [2.05, 4.69) is 10.1 Å². The molecule has 4 rings (SSSR count). The minimum Gasteiger partial charge on any atom is -0.461 e. The average molecular weight is 587 g/mol. The number of esters is 1. The number of nitrogens with two attached hydrogens (primary N) is 1. The number of aromatic nitrogens is 2. The summed E-state index contributed by atoms with van der Waals surface area (Å²) in [4.78, 5) is 28.4. The molecule has 2 fully saturated rings. The van der Waals surface area contributed by atoms with E-state index in [-0.39, 0.29) is 17.7 Å². The van der Waals surface area contributed by atoms with Gasteiger partial charge in [0.15, 0.2) is 18.0 Å². The summed E-state index contributed by atoms with van der Waals surface area (Å²) >= 11 is 0. The zero-order valence-corrected chi connectivity index (χ0v) is 23.0. The van der Waals surface area contributed by atoms with Crippen LogP contribution < -0.4 is 21.0 Å². The molecule has 2 aliphatic rings. The second-order valence-electron chi connectivity index (χ2n) is 10.1. The molecule has 0 radical (unpaired) electrons. The van der Waals surface area contributed by atoms with Crippen molar-refractivity contribution in [1.29, 1.82) is 0 Å². The molecule has 0 unspecified atom stereocenters. The standard InChI is InChI=1S/C25H33F2N4O8P/c1-16(20(32)37-17-9-5-3-6-10-17)30-40(35,39-18-11-7-4-8-12-18)36-15-25(27)21(33)24(2,26)22(38-25)31-14-13-19(28)29-23(31)34/h4,7-8,11-14,16-17,21-22,33H,3,5-6,9-10,15H2,1-2H3,(H,30,35)(H2,28,29,34)/t16-,21-,22+,24+,25+,40-/m0/s1. The Bertz CT molecular complexity index is 1290. The van der Waals surface area contributed by atoms with Crippen LogP contribution in [0.2, 0.25) is 0 Å². The van der Waals surface area contributed by atoms with E-state index in [9.17, 15) is 19.3 Å². The third-order valence-electron chi connectivity index (χ3n) is 6.78. The third kappa shape index (κ3) is 6.69. The largest absolute Gasteiger partial charge is 0.461 e. The van der Waals surface area contributed by atoms with Gasteiger partial charge in [-0.05, 0) is 57.7 Å². The number of hydrogen-bond donors (Lipinski definition) is 3. The normalized spacial score (nSPS) is 29.4. The number of halogens is 2. The summed E-state index contributed by atoms with van der Waals surface area (Å²) < 4.78 is 67.3. The summed E-state index contributed by atoms with van der Waals surface area (Å²) in [6, 6.07) is 7.69. The molecule has 2 heterocycles. The van der Waals surface area contributed by atoms with Crippen LogP contribution in [0.25, 0.3) is 0 Å². The number of para-hydroxylation sites is 1. The van der Waals surface area contributed by atoms with Gasteiger partial charge in [0.05, 0.1) is 0 Å². The second-order valence-corrected chi connectivity index (χ2v) is 11.8. The Kier molecular flexibility index (Phi) is 8.96. The van der Waals surface area contributed by atoms with Crippen LogP contribution in [0.1, 0.15) is 52.2 Å². The lowest BCUT2D eigenvalue weighted by atomic mass is 9.97. The first-order chi connectivity index (χ1) is 18.8. The van der Waals surface area contributed by atoms with Crippen LogP contribution in [0.15, 0.2) is 47.4 Å². The number of benzene rings is 1. The Hall–Kier alpha value is -2.90. The van der Waals surface area contributed by atoms with Gasteiger partial charge in [-0.25, -0.2) is 18.1 Å². The predicted molar refractivity (Wildman–Crippen MR) is 139 cm³/mol. The molecule has 220 valence electrons. The number of alkyl halides is 2. The summed E-state index contributed by atoms with van der Waals surface area (Å²) in [6.45, 7) is 0.897. The molecule has 4 N–H and O–H groups in total. The maximum atomic E-state index is 15.9. The SMILES string of the molecule is C[C@H](N[P@](=O)(OC[C@@]1(F)O[C@@H](n2ccc(N)nc2=O)[C@](C)(F)[C@@H]1O)Oc1ccccc1)C(=O)OC1CCCCC1. The number of carbonyl (C=O) groups excluding carboxylic acids is 1. The van der Waals surface area contributed by atoms with Gasteiger partial charge in [0.2, 0.25) is 0 Å². The minimum absolute atomic E-state index is 0.0553. The Labute approximate surface area is 229 Å². The van der Waals surface area contributed by atoms with Crippen molar-refractivity contribution in [1.82, 2.24) is 14.6 Å². The molecule has 1 aromatic heterocycles. The highest BCUT2D eigenvalue weighted by Crippen LogP contribution is 2.51. The third-order valence-corrected chi connectivity index (χ3v) is 8.40. The van der Waals surface area contributed by atoms with Gasteiger partial charge in [0, 0.05) is 6.20 Å². The van der Waals surface area contributed by atoms with E-state index in [0.717, 1.165) is 32.4 Å². The maximum absolute atomic E-state index is 15.9. The topological polar surface area (TPSA) is 164 Å². The fourth-order valence-electron chi connectivity index (χ4n) is 4.59. The number of hydrogen-bond acceptors (Lipinski definition) is 10. The van der Waals surface area contributed by atoms with Gasteiger partial charge in [0.25, 0.3) is 5.85 Å². The van der Waals surface area contributed by atoms with E-state index < -0.39 is 55.9 Å². The van der Waals surface area contributed by atoms with E-state index in [4.69, 9.17) is 24.3 Å². The number of nitrogens with zero attached hydrogens (tertiary/aromatic N) is 2. The van der Waals surface area contributed by atoms with Gasteiger partial charge in [-0.15, -0.1) is 0 Å². The number of aliphatic hydroxyl groups is 1. The summed E-state index contributed by atoms with van der Waals surface area (Å²) in [5.74, 6) is -4.11. The van der Waals surface area contributed by atoms with Crippen LogP contribution in [-0.2, 0) is 23.4 Å². The molecular weight excluding hydrogens is 553 g/mol. The van der Waals surface area contributed by atoms with Crippen molar-refractivity contribution < 1.29 is 41.8 Å². The lowest BCUT2D eigenvalue weighted by Gasteiger charge is -2.28. The van der Waals surface area contributed by atoms with E-state index in [1.165, 1.54) is 25.1 Å². The van der Waals surface area contributed by atoms with E-state index >= 15 is 8.78 Å². The van der Waals surface area contributed by atoms with Gasteiger partial charge in [-0.2, -0.15) is 10.1 Å². The smallest absolute Gasteiger partial charge is 0.459 e. The molecular formula is C25H33F2N4O8P. The molecule has 40 heavy (non-hydrogen) atoms. The molecule has 6 atom stereocenters. The van der Waals surface area contributed by atoms with Crippen molar-refractivity contribution in [3.05, 3.63) is 53.1 Å². The molecule has 15 heteroatoms. The van der Waals surface area contributed by atoms with Crippen LogP contribution in [0.5, 0.6) is 5.75 Å². The van der Waals surface area contributed by atoms with Gasteiger partial charge < -0.3 is 24.8 Å². The maximum Gasteiger partial charge on any atom is 0.459 e. The van der Waals surface area contributed by atoms with Crippen LogP contribution in [0.4, 0.5) is 14.6 Å². The molecule has 1 saturated carbocycles. The van der Waals surface area contributed by atoms with Crippen LogP contribution in [-0.4, -0.2) is 57.0 Å². The lowest BCUT2D eigenvalue weighted by molar-refractivity contribution is -0.204. The monoisotopic (exact) mass is 586 g/mol. The van der Waals surface area contributed by atoms with E-state index in [1.807, 2.05) is 0 Å². The number of ether oxygens (including phenoxy) is 2. The van der Waals surface area contributed by atoms with Crippen molar-refractivity contribution in [2.75, 3.05) is 12.3 Å². The van der Waals surface area contributed by atoms with E-state index in [1.54, 1.807) is 18.2 Å². The molecule has 12 nitrogen and oxygen atoms in total. The van der Waals surface area contributed by atoms with Gasteiger partial charge in [-0.3, -0.25) is 13.9 Å². The summed E-state index contributed by atoms with van der Waals surface area (Å²) in [5.41, 5.74) is 1.56. The van der Waals surface area contributed by atoms with Crippen molar-refractivity contribution in [3.8, 4) is 5.75 Å². The molecule has 1 aliphatic heterocycles. The number of carbonyl (C=O) groups is 1. The highest BCUT2D eigenvalue weighted by Gasteiger charge is 2.65. The van der Waals surface area contributed by atoms with Crippen LogP contribution in [0, 0.1) is 0 Å². The average Bonchev–Trinajstić information content (AvgIpc) is 3.09. The molecule has 0 bridgehead atoms. The van der Waals surface area contributed by atoms with Crippen molar-refractivity contribution in [3.63, 3.8) is 0 Å². The number of aliphatic hydroxyl groups excluding tert-OH is 1. The fraction of sp³-hybridized carbons (Fsp3) is 0.560. The Morgan fingerprint density at radius 1 is 1.27 bits per heavy atom. The molecule has 0 spiro atoms. The summed E-state index contributed by atoms with van der Waals surface area (Å²) in [5, 5.41) is 13.0. The zero-order chi connectivity index (χ0) is 29.1. The molecule has 1 saturated heterocycles. The highest BCUT2D eigenvalue weighted by molar-refractivity contribution is 7.52. The zero-order valence-electron chi connectivity index (χ0n) is 22.1. The van der Waals surface area contributed by atoms with Crippen molar-refractivity contribution >= 4 is 19.5 Å². The second kappa shape index (κ2) is 11.9. The Morgan fingerprint density at radius 2 is 1.95 bits per heavy atom. The molecule has 2 aromatic rings. The van der Waals surface area contributed by atoms with Crippen molar-refractivity contribution in [2.24, 2.45) is 0 Å². The first-order valence-electron chi connectivity index (χ1n) is 12.9. The fourth-order valence-corrected chi connectivity index (χ4v) is 6.10. The number of anilines is 1. The molecule has 1 aromatic carbocycles. The summed E-state index contributed by atoms with van der Waals surface area (Å²) in [6.07, 6.45) is 0.622. The van der Waals surface area contributed by atoms with Gasteiger partial charge in [-0.1, -0.05) is 24.6 Å². The predicted octanol–water partition coefficient (Wildman–Crippen LogP) is 3.17. The molecule has 1 aliphatic carbocycles. The lowest BCUT2D eigenvalue weighted by Crippen LogP contribution is -2.47. The van der Waals surface area contributed by atoms with Crippen LogP contribution >= 0.6 is 7.75 Å². The minimum atomic E-state index is -4.58. The highest BCUT2D eigenvalue weighted by atomic mass is 31.2. The first-order valence-corrected chi connectivity index (χ1v) is 14.4. The Balaban J connectivity index is 1.52.